The van der Waals surface area contributed by atoms with Crippen LogP contribution in [-0.4, -0.2) is 101 Å². The second-order valence-corrected chi connectivity index (χ2v) is 10.3. The minimum absolute atomic E-state index is 4.04. The molecule has 0 saturated carbocycles. The van der Waals surface area contributed by atoms with Crippen LogP contribution in [0.2, 0.25) is 0 Å². The average Bonchev–Trinajstić information content (AvgIpc) is 2.80. The monoisotopic (exact) mass is 794 g/mol. The van der Waals surface area contributed by atoms with E-state index in [1.165, 1.54) is 0 Å². The molecule has 0 aliphatic carbocycles. The van der Waals surface area contributed by atoms with E-state index in [1.807, 2.05) is 0 Å². The molecule has 47 heavy (non-hydrogen) atoms. The van der Waals surface area contributed by atoms with Crippen molar-refractivity contribution in [3.63, 3.8) is 0 Å². The number of hydrogen-bond acceptors (Lipinski definition) is 3. The molecule has 0 radical (unpaired) electrons. The first-order valence-electron chi connectivity index (χ1n) is 9.87. The highest BCUT2D eigenvalue weighted by Gasteiger charge is 3.00. The Bertz CT molecular complexity index is 1260. The molecule has 4 nitrogen and oxygen atoms in total. The maximum Gasteiger partial charge on any atom is 0.460 e. The second kappa shape index (κ2) is 11.0. The molecular formula is C15H5F27O4S. The Morgan fingerprint density at radius 2 is 0.532 bits per heavy atom. The van der Waals surface area contributed by atoms with E-state index < -0.39 is 99.2 Å². The van der Waals surface area contributed by atoms with Crippen molar-refractivity contribution in [2.45, 2.75) is 89.1 Å². The van der Waals surface area contributed by atoms with E-state index in [4.69, 9.17) is 9.66 Å². The zero-order valence-corrected chi connectivity index (χ0v) is 20.9. The van der Waals surface area contributed by atoms with Crippen LogP contribution < -0.4 is 0 Å². The summed E-state index contributed by atoms with van der Waals surface area (Å²) < 4.78 is 389. The van der Waals surface area contributed by atoms with Crippen molar-refractivity contribution in [2.75, 3.05) is 0 Å². The third kappa shape index (κ3) is 5.66. The highest BCUT2D eigenvalue weighted by Crippen LogP contribution is 2.68. The molecule has 0 bridgehead atoms. The summed E-state index contributed by atoms with van der Waals surface area (Å²) in [6.07, 6.45) is -12.3. The number of alkyl halides is 27. The number of aliphatic hydroxyl groups is 1. The van der Waals surface area contributed by atoms with Crippen molar-refractivity contribution in [1.82, 2.24) is 0 Å². The van der Waals surface area contributed by atoms with Crippen molar-refractivity contribution in [3.8, 4) is 0 Å². The fourth-order valence-electron chi connectivity index (χ4n) is 2.64. The first-order valence-corrected chi connectivity index (χ1v) is 11.4. The largest absolute Gasteiger partial charge is 0.460 e. The summed E-state index contributed by atoms with van der Waals surface area (Å²) in [7, 11) is -6.55. The SMILES string of the molecule is O=S(=O)(O)C(O)CC(F)(F)C(F)(F)C(F)(F)C(F)(F)C(F)(F)C(F)(F)C(F)(F)C(F)(F)C(F)(F)C(F)(F)C(F)(F)C(F)(F)C(F)(F)F. The first-order chi connectivity index (χ1) is 19.6. The van der Waals surface area contributed by atoms with Gasteiger partial charge in [0.25, 0.3) is 10.1 Å². The Labute approximate surface area is 237 Å². The molecular weight excluding hydrogens is 789 g/mol. The maximum atomic E-state index is 13.7. The van der Waals surface area contributed by atoms with Gasteiger partial charge >= 0.3 is 77.2 Å². The van der Waals surface area contributed by atoms with E-state index in [0.29, 0.717) is 0 Å². The van der Waals surface area contributed by atoms with Crippen LogP contribution in [0.3, 0.4) is 0 Å². The van der Waals surface area contributed by atoms with E-state index in [0.717, 1.165) is 0 Å². The predicted octanol–water partition coefficient (Wildman–Crippen LogP) is 7.77. The summed E-state index contributed by atoms with van der Waals surface area (Å²) in [5, 5.41) is 8.50. The molecule has 0 saturated heterocycles. The van der Waals surface area contributed by atoms with Gasteiger partial charge in [-0.2, -0.15) is 127 Å². The molecule has 0 aromatic carbocycles. The standard InChI is InChI=1S/C15H5F27O4S/c16-3(17,1-2(43)47(44,45)46)4(18,19)5(20,21)6(22,23)7(24,25)8(26,27)9(28,29)10(30,31)11(32,33)12(34,35)13(36,37)14(38,39)15(40,41)42/h2,43H,1H2,(H,44,45,46). The van der Waals surface area contributed by atoms with Crippen molar-refractivity contribution >= 4 is 10.1 Å². The fraction of sp³-hybridized carbons (Fsp3) is 1.00. The number of hydrogen-bond donors (Lipinski definition) is 2. The molecule has 0 amide bonds. The van der Waals surface area contributed by atoms with E-state index >= 15 is 0 Å². The van der Waals surface area contributed by atoms with Crippen LogP contribution in [0, 0.1) is 0 Å². The summed E-state index contributed by atoms with van der Waals surface area (Å²) in [4.78, 5) is 0. The van der Waals surface area contributed by atoms with Crippen LogP contribution in [0.4, 0.5) is 119 Å². The highest BCUT2D eigenvalue weighted by atomic mass is 32.2. The molecule has 32 heteroatoms. The molecule has 0 rings (SSSR count). The number of rotatable bonds is 14. The fourth-order valence-corrected chi connectivity index (χ4v) is 3.05. The Kier molecular flexibility index (Phi) is 10.5. The number of aliphatic hydroxyl groups excluding tert-OH is 1. The van der Waals surface area contributed by atoms with E-state index in [2.05, 4.69) is 0 Å². The highest BCUT2D eigenvalue weighted by molar-refractivity contribution is 7.86. The van der Waals surface area contributed by atoms with Crippen LogP contribution >= 0.6 is 0 Å². The third-order valence-corrected chi connectivity index (χ3v) is 6.39. The summed E-state index contributed by atoms with van der Waals surface area (Å²) in [6.45, 7) is 0. The zero-order chi connectivity index (χ0) is 39.3. The van der Waals surface area contributed by atoms with Gasteiger partial charge in [-0.05, 0) is 0 Å². The quantitative estimate of drug-likeness (QED) is 0.139. The lowest BCUT2D eigenvalue weighted by Crippen LogP contribution is -2.78. The van der Waals surface area contributed by atoms with Gasteiger partial charge in [0.15, 0.2) is 5.44 Å². The van der Waals surface area contributed by atoms with Gasteiger partial charge in [0, 0.05) is 0 Å². The second-order valence-electron chi connectivity index (χ2n) is 8.69. The molecule has 0 aromatic rings. The van der Waals surface area contributed by atoms with Crippen LogP contribution in [-0.2, 0) is 10.1 Å². The molecule has 1 atom stereocenters. The molecule has 0 aromatic heterocycles. The lowest BCUT2D eigenvalue weighted by molar-refractivity contribution is -0.485. The molecule has 0 spiro atoms. The molecule has 0 heterocycles. The van der Waals surface area contributed by atoms with Gasteiger partial charge < -0.3 is 5.11 Å². The van der Waals surface area contributed by atoms with E-state index in [-0.39, 0.29) is 0 Å². The van der Waals surface area contributed by atoms with Gasteiger partial charge in [-0.15, -0.1) is 0 Å². The third-order valence-electron chi connectivity index (χ3n) is 5.53. The Morgan fingerprint density at radius 3 is 0.702 bits per heavy atom. The topological polar surface area (TPSA) is 74.6 Å². The van der Waals surface area contributed by atoms with Crippen molar-refractivity contribution in [3.05, 3.63) is 0 Å². The summed E-state index contributed by atoms with van der Waals surface area (Å²) in [5.41, 5.74) is -4.52. The van der Waals surface area contributed by atoms with Gasteiger partial charge in [-0.25, -0.2) is 0 Å². The normalized spacial score (nSPS) is 17.6. The van der Waals surface area contributed by atoms with Crippen molar-refractivity contribution in [2.24, 2.45) is 0 Å². The van der Waals surface area contributed by atoms with Crippen LogP contribution in [0.15, 0.2) is 0 Å². The number of halogens is 27. The molecule has 0 aliphatic heterocycles. The first kappa shape index (κ1) is 45.0. The van der Waals surface area contributed by atoms with Gasteiger partial charge in [0.1, 0.15) is 0 Å². The Morgan fingerprint density at radius 1 is 0.362 bits per heavy atom. The van der Waals surface area contributed by atoms with Crippen LogP contribution in [0.25, 0.3) is 0 Å². The van der Waals surface area contributed by atoms with Gasteiger partial charge in [0.05, 0.1) is 6.42 Å². The van der Waals surface area contributed by atoms with Gasteiger partial charge in [0.2, 0.25) is 0 Å². The molecule has 1 unspecified atom stereocenters. The van der Waals surface area contributed by atoms with E-state index in [9.17, 15) is 127 Å². The lowest BCUT2D eigenvalue weighted by Gasteiger charge is -2.46. The predicted molar refractivity (Wildman–Crippen MR) is 87.6 cm³/mol. The van der Waals surface area contributed by atoms with Gasteiger partial charge in [-0.3, -0.25) is 4.55 Å². The molecule has 0 aliphatic rings. The summed E-state index contributed by atoms with van der Waals surface area (Å²) in [6, 6.07) is 0. The zero-order valence-electron chi connectivity index (χ0n) is 20.1. The molecule has 2 N–H and O–H groups in total. The molecule has 284 valence electrons. The Hall–Kier alpha value is -2.02. The van der Waals surface area contributed by atoms with Crippen LogP contribution in [0.1, 0.15) is 6.42 Å². The Balaban J connectivity index is 7.45. The molecule has 0 fully saturated rings. The van der Waals surface area contributed by atoms with Crippen molar-refractivity contribution in [1.29, 1.82) is 0 Å². The minimum Gasteiger partial charge on any atom is -0.375 e. The summed E-state index contributed by atoms with van der Waals surface area (Å²) >= 11 is 0. The average molecular weight is 794 g/mol. The summed E-state index contributed by atoms with van der Waals surface area (Å²) in [5.74, 6) is -112. The van der Waals surface area contributed by atoms with Gasteiger partial charge in [-0.1, -0.05) is 0 Å². The minimum atomic E-state index is -9.90. The maximum absolute atomic E-state index is 13.7. The van der Waals surface area contributed by atoms with E-state index in [1.54, 1.807) is 0 Å². The lowest BCUT2D eigenvalue weighted by atomic mass is 9.83. The van der Waals surface area contributed by atoms with Crippen LogP contribution in [0.5, 0.6) is 0 Å². The van der Waals surface area contributed by atoms with Crippen molar-refractivity contribution < 1.29 is 137 Å². The smallest absolute Gasteiger partial charge is 0.375 e.